The maximum atomic E-state index is 5.94. The average Bonchev–Trinajstić information content (AvgIpc) is 2.21. The maximum absolute atomic E-state index is 5.94. The van der Waals surface area contributed by atoms with Gasteiger partial charge in [0.05, 0.1) is 6.17 Å². The number of nitrogens with two attached hydrogens (primary N) is 1. The molecule has 1 rings (SSSR count). The zero-order valence-electron chi connectivity index (χ0n) is 8.77. The van der Waals surface area contributed by atoms with Gasteiger partial charge in [-0.05, 0) is 24.6 Å². The minimum Gasteiger partial charge on any atom is -0.366 e. The van der Waals surface area contributed by atoms with E-state index >= 15 is 0 Å². The third kappa shape index (κ3) is 3.46. The molecule has 1 aromatic rings. The molecule has 3 heteroatoms. The van der Waals surface area contributed by atoms with E-state index in [1.807, 2.05) is 37.3 Å². The first kappa shape index (κ1) is 11.9. The van der Waals surface area contributed by atoms with Crippen LogP contribution in [0.15, 0.2) is 53.5 Å². The zero-order valence-corrected chi connectivity index (χ0v) is 9.67. The minimum atomic E-state index is -0.212. The topological polar surface area (TPSA) is 38.0 Å². The minimum absolute atomic E-state index is 0.212. The normalized spacial score (nSPS) is 13.4. The van der Waals surface area contributed by atoms with Crippen LogP contribution in [0.2, 0.25) is 0 Å². The zero-order chi connectivity index (χ0) is 11.3. The van der Waals surface area contributed by atoms with Crippen molar-refractivity contribution in [1.82, 2.24) is 0 Å². The summed E-state index contributed by atoms with van der Waals surface area (Å²) in [4.78, 5) is 0.888. The Hall–Kier alpha value is -1.19. The smallest absolute Gasteiger partial charge is 0.0966 e. The second-order valence-electron chi connectivity index (χ2n) is 3.29. The summed E-state index contributed by atoms with van der Waals surface area (Å²) in [6, 6.07) is 7.75. The molecular formula is C12H16N2S. The van der Waals surface area contributed by atoms with Crippen LogP contribution in [-0.4, -0.2) is 6.17 Å². The molecule has 0 aromatic heterocycles. The number of benzene rings is 1. The van der Waals surface area contributed by atoms with Gasteiger partial charge in [-0.25, -0.2) is 0 Å². The number of nitrogens with one attached hydrogen (secondary N) is 1. The Morgan fingerprint density at radius 3 is 2.80 bits per heavy atom. The van der Waals surface area contributed by atoms with Gasteiger partial charge in [-0.1, -0.05) is 30.9 Å². The summed E-state index contributed by atoms with van der Waals surface area (Å²) in [5.41, 5.74) is 7.91. The molecule has 0 saturated carbocycles. The van der Waals surface area contributed by atoms with Crippen molar-refractivity contribution in [2.24, 2.45) is 5.73 Å². The van der Waals surface area contributed by atoms with Crippen LogP contribution in [0.5, 0.6) is 0 Å². The molecule has 0 saturated heterocycles. The Balaban J connectivity index is 2.74. The number of thiol groups is 1. The van der Waals surface area contributed by atoms with Crippen molar-refractivity contribution in [2.45, 2.75) is 18.0 Å². The van der Waals surface area contributed by atoms with E-state index < -0.39 is 0 Å². The van der Waals surface area contributed by atoms with Gasteiger partial charge in [-0.3, -0.25) is 0 Å². The van der Waals surface area contributed by atoms with Crippen LogP contribution >= 0.6 is 12.6 Å². The number of para-hydroxylation sites is 1. The molecule has 0 fully saturated rings. The van der Waals surface area contributed by atoms with Gasteiger partial charge >= 0.3 is 0 Å². The summed E-state index contributed by atoms with van der Waals surface area (Å²) < 4.78 is 0. The molecule has 0 aliphatic heterocycles. The van der Waals surface area contributed by atoms with E-state index in [4.69, 9.17) is 5.73 Å². The van der Waals surface area contributed by atoms with E-state index in [0.717, 1.165) is 16.2 Å². The highest BCUT2D eigenvalue weighted by Gasteiger charge is 2.05. The Kier molecular flexibility index (Phi) is 4.46. The van der Waals surface area contributed by atoms with Crippen molar-refractivity contribution in [3.8, 4) is 0 Å². The van der Waals surface area contributed by atoms with Gasteiger partial charge in [0.25, 0.3) is 0 Å². The number of rotatable bonds is 4. The van der Waals surface area contributed by atoms with Crippen molar-refractivity contribution in [3.05, 3.63) is 48.6 Å². The van der Waals surface area contributed by atoms with Crippen molar-refractivity contribution in [3.63, 3.8) is 0 Å². The van der Waals surface area contributed by atoms with Gasteiger partial charge < -0.3 is 11.1 Å². The second kappa shape index (κ2) is 5.63. The molecule has 0 radical (unpaired) electrons. The standard InChI is InChI=1S/C12H16N2S/c1-3-6-9(2)12(13)14-10-7-4-5-8-11(10)15/h3-8,12,14-15H,1,13H2,2H3/b9-6+/t12-/m0/s1. The third-order valence-electron chi connectivity index (χ3n) is 2.09. The van der Waals surface area contributed by atoms with Crippen molar-refractivity contribution in [1.29, 1.82) is 0 Å². The second-order valence-corrected chi connectivity index (χ2v) is 3.77. The monoisotopic (exact) mass is 220 g/mol. The maximum Gasteiger partial charge on any atom is 0.0966 e. The lowest BCUT2D eigenvalue weighted by Crippen LogP contribution is -2.30. The van der Waals surface area contributed by atoms with E-state index in [9.17, 15) is 0 Å². The van der Waals surface area contributed by atoms with Crippen LogP contribution in [-0.2, 0) is 0 Å². The lowest BCUT2D eigenvalue weighted by molar-refractivity contribution is 0.873. The van der Waals surface area contributed by atoms with Crippen LogP contribution in [0, 0.1) is 0 Å². The van der Waals surface area contributed by atoms with E-state index in [0.29, 0.717) is 0 Å². The van der Waals surface area contributed by atoms with Crippen LogP contribution in [0.3, 0.4) is 0 Å². The Morgan fingerprint density at radius 1 is 1.53 bits per heavy atom. The molecule has 2 nitrogen and oxygen atoms in total. The van der Waals surface area contributed by atoms with E-state index in [-0.39, 0.29) is 6.17 Å². The molecule has 0 unspecified atom stereocenters. The Labute approximate surface area is 96.3 Å². The first-order chi connectivity index (χ1) is 7.15. The first-order valence-electron chi connectivity index (χ1n) is 4.74. The van der Waals surface area contributed by atoms with Crippen molar-refractivity contribution < 1.29 is 0 Å². The summed E-state index contributed by atoms with van der Waals surface area (Å²) >= 11 is 4.34. The number of hydrogen-bond acceptors (Lipinski definition) is 3. The first-order valence-corrected chi connectivity index (χ1v) is 5.19. The summed E-state index contributed by atoms with van der Waals surface area (Å²) in [5.74, 6) is 0. The van der Waals surface area contributed by atoms with E-state index in [1.165, 1.54) is 0 Å². The van der Waals surface area contributed by atoms with Gasteiger partial charge in [0.1, 0.15) is 0 Å². The fraction of sp³-hybridized carbons (Fsp3) is 0.167. The summed E-state index contributed by atoms with van der Waals surface area (Å²) in [6.45, 7) is 5.59. The molecule has 3 N–H and O–H groups in total. The molecule has 0 bridgehead atoms. The summed E-state index contributed by atoms with van der Waals surface area (Å²) in [6.07, 6.45) is 3.40. The average molecular weight is 220 g/mol. The Morgan fingerprint density at radius 2 is 2.20 bits per heavy atom. The highest BCUT2D eigenvalue weighted by Crippen LogP contribution is 2.19. The van der Waals surface area contributed by atoms with Gasteiger partial charge in [0.2, 0.25) is 0 Å². The van der Waals surface area contributed by atoms with Crippen LogP contribution in [0.1, 0.15) is 6.92 Å². The van der Waals surface area contributed by atoms with Gasteiger partial charge in [-0.15, -0.1) is 12.6 Å². The van der Waals surface area contributed by atoms with Gasteiger partial charge in [0, 0.05) is 10.6 Å². The fourth-order valence-corrected chi connectivity index (χ4v) is 1.39. The van der Waals surface area contributed by atoms with E-state index in [2.05, 4.69) is 24.5 Å². The molecule has 0 heterocycles. The molecule has 15 heavy (non-hydrogen) atoms. The lowest BCUT2D eigenvalue weighted by atomic mass is 10.2. The highest BCUT2D eigenvalue weighted by atomic mass is 32.1. The molecule has 1 atom stereocenters. The fourth-order valence-electron chi connectivity index (χ4n) is 1.17. The molecule has 0 spiro atoms. The van der Waals surface area contributed by atoms with Gasteiger partial charge in [-0.2, -0.15) is 0 Å². The third-order valence-corrected chi connectivity index (χ3v) is 2.48. The molecule has 0 aliphatic carbocycles. The van der Waals surface area contributed by atoms with Crippen LogP contribution in [0.25, 0.3) is 0 Å². The quantitative estimate of drug-likeness (QED) is 0.415. The van der Waals surface area contributed by atoms with Crippen LogP contribution in [0.4, 0.5) is 5.69 Å². The Bertz CT molecular complexity index is 372. The van der Waals surface area contributed by atoms with Crippen LogP contribution < -0.4 is 11.1 Å². The number of anilines is 1. The highest BCUT2D eigenvalue weighted by molar-refractivity contribution is 7.80. The van der Waals surface area contributed by atoms with Crippen molar-refractivity contribution in [2.75, 3.05) is 5.32 Å². The van der Waals surface area contributed by atoms with E-state index in [1.54, 1.807) is 6.08 Å². The summed E-state index contributed by atoms with van der Waals surface area (Å²) in [5, 5.41) is 3.18. The number of hydrogen-bond donors (Lipinski definition) is 3. The number of allylic oxidation sites excluding steroid dienone is 2. The molecular weight excluding hydrogens is 204 g/mol. The van der Waals surface area contributed by atoms with Crippen molar-refractivity contribution >= 4 is 18.3 Å². The molecule has 0 aliphatic rings. The summed E-state index contributed by atoms with van der Waals surface area (Å²) in [7, 11) is 0. The predicted octanol–water partition coefficient (Wildman–Crippen LogP) is 2.80. The lowest BCUT2D eigenvalue weighted by Gasteiger charge is -2.16. The largest absolute Gasteiger partial charge is 0.366 e. The van der Waals surface area contributed by atoms with Gasteiger partial charge in [0.15, 0.2) is 0 Å². The SMILES string of the molecule is C=C/C=C(\C)[C@@H](N)Nc1ccccc1S. The molecule has 80 valence electrons. The molecule has 0 amide bonds. The molecule has 1 aromatic carbocycles. The predicted molar refractivity (Wildman–Crippen MR) is 69.2 cm³/mol.